The first kappa shape index (κ1) is 12.0. The van der Waals surface area contributed by atoms with Crippen molar-refractivity contribution < 1.29 is 4.39 Å². The maximum atomic E-state index is 12.6. The number of terminal acetylenes is 1. The molecule has 16 heavy (non-hydrogen) atoms. The Kier molecular flexibility index (Phi) is 4.28. The van der Waals surface area contributed by atoms with Crippen molar-refractivity contribution in [1.29, 1.82) is 0 Å². The monoisotopic (exact) mass is 216 g/mol. The predicted molar refractivity (Wildman–Crippen MR) is 63.2 cm³/mol. The number of nitrogens with zero attached hydrogens (tertiary/aromatic N) is 2. The molecule has 3 heteroatoms. The van der Waals surface area contributed by atoms with Gasteiger partial charge in [0.05, 0.1) is 5.69 Å². The quantitative estimate of drug-likeness (QED) is 0.669. The highest BCUT2D eigenvalue weighted by Gasteiger charge is 2.00. The SMILES string of the molecule is C#Cn1cnc(-c2ccc(F)cc2)c1.CC. The molecule has 2 nitrogen and oxygen atoms in total. The zero-order valence-corrected chi connectivity index (χ0v) is 9.31. The van der Waals surface area contributed by atoms with Gasteiger partial charge in [-0.1, -0.05) is 20.3 Å². The van der Waals surface area contributed by atoms with Crippen LogP contribution in [0.25, 0.3) is 11.3 Å². The van der Waals surface area contributed by atoms with Gasteiger partial charge in [0.1, 0.15) is 12.1 Å². The normalized spacial score (nSPS) is 8.88. The third kappa shape index (κ3) is 2.71. The van der Waals surface area contributed by atoms with Crippen LogP contribution < -0.4 is 0 Å². The lowest BCUT2D eigenvalue weighted by Gasteiger charge is -1.94. The van der Waals surface area contributed by atoms with Crippen molar-refractivity contribution in [1.82, 2.24) is 9.55 Å². The second kappa shape index (κ2) is 5.72. The van der Waals surface area contributed by atoms with Crippen LogP contribution in [0.4, 0.5) is 4.39 Å². The van der Waals surface area contributed by atoms with Gasteiger partial charge < -0.3 is 0 Å². The molecule has 0 saturated heterocycles. The van der Waals surface area contributed by atoms with E-state index in [4.69, 9.17) is 6.42 Å². The summed E-state index contributed by atoms with van der Waals surface area (Å²) >= 11 is 0. The standard InChI is InChI=1S/C11H7FN2.C2H6/c1-2-14-7-11(13-8-14)9-3-5-10(12)6-4-9;1-2/h1,3-8H;1-2H3. The molecule has 0 bridgehead atoms. The van der Waals surface area contributed by atoms with Crippen molar-refractivity contribution in [2.45, 2.75) is 13.8 Å². The van der Waals surface area contributed by atoms with Crippen molar-refractivity contribution in [2.75, 3.05) is 0 Å². The average molecular weight is 216 g/mol. The Hall–Kier alpha value is -2.08. The molecule has 0 radical (unpaired) electrons. The lowest BCUT2D eigenvalue weighted by Crippen LogP contribution is -1.79. The van der Waals surface area contributed by atoms with E-state index >= 15 is 0 Å². The van der Waals surface area contributed by atoms with Crippen molar-refractivity contribution in [2.24, 2.45) is 0 Å². The fourth-order valence-corrected chi connectivity index (χ4v) is 1.16. The highest BCUT2D eigenvalue weighted by Crippen LogP contribution is 2.16. The lowest BCUT2D eigenvalue weighted by atomic mass is 10.2. The summed E-state index contributed by atoms with van der Waals surface area (Å²) in [5.74, 6) is -0.259. The van der Waals surface area contributed by atoms with E-state index in [2.05, 4.69) is 11.0 Å². The summed E-state index contributed by atoms with van der Waals surface area (Å²) in [4.78, 5) is 4.08. The van der Waals surface area contributed by atoms with E-state index in [1.165, 1.54) is 16.7 Å². The fraction of sp³-hybridized carbons (Fsp3) is 0.154. The molecule has 0 aliphatic rings. The van der Waals surface area contributed by atoms with Crippen LogP contribution in [0.2, 0.25) is 0 Å². The number of benzene rings is 1. The average Bonchev–Trinajstić information content (AvgIpc) is 2.81. The van der Waals surface area contributed by atoms with Crippen molar-refractivity contribution >= 4 is 0 Å². The predicted octanol–water partition coefficient (Wildman–Crippen LogP) is 3.15. The van der Waals surface area contributed by atoms with Crippen LogP contribution in [0.5, 0.6) is 0 Å². The number of aromatic nitrogens is 2. The van der Waals surface area contributed by atoms with Gasteiger partial charge in [-0.3, -0.25) is 4.57 Å². The Morgan fingerprint density at radius 2 is 1.88 bits per heavy atom. The van der Waals surface area contributed by atoms with Gasteiger partial charge in [0.15, 0.2) is 0 Å². The van der Waals surface area contributed by atoms with Gasteiger partial charge >= 0.3 is 0 Å². The van der Waals surface area contributed by atoms with E-state index in [1.54, 1.807) is 24.7 Å². The summed E-state index contributed by atoms with van der Waals surface area (Å²) in [6.07, 6.45) is 8.43. The van der Waals surface area contributed by atoms with E-state index in [1.807, 2.05) is 13.8 Å². The second-order valence-corrected chi connectivity index (χ2v) is 2.80. The zero-order valence-electron chi connectivity index (χ0n) is 9.31. The molecule has 0 spiro atoms. The maximum Gasteiger partial charge on any atom is 0.123 e. The van der Waals surface area contributed by atoms with Crippen molar-refractivity contribution in [3.63, 3.8) is 0 Å². The number of rotatable bonds is 1. The molecule has 0 fully saturated rings. The molecular weight excluding hydrogens is 203 g/mol. The summed E-state index contributed by atoms with van der Waals surface area (Å²) in [6.45, 7) is 4.00. The van der Waals surface area contributed by atoms with E-state index < -0.39 is 0 Å². The Labute approximate surface area is 94.8 Å². The molecule has 0 N–H and O–H groups in total. The largest absolute Gasteiger partial charge is 0.265 e. The third-order valence-electron chi connectivity index (χ3n) is 1.87. The minimum Gasteiger partial charge on any atom is -0.265 e. The molecular formula is C13H13FN2. The summed E-state index contributed by atoms with van der Waals surface area (Å²) in [5.41, 5.74) is 1.59. The maximum absolute atomic E-state index is 12.6. The van der Waals surface area contributed by atoms with Crippen LogP contribution in [0.15, 0.2) is 36.8 Å². The molecule has 1 aromatic carbocycles. The summed E-state index contributed by atoms with van der Waals surface area (Å²) in [7, 11) is 0. The first-order chi connectivity index (χ1) is 7.79. The van der Waals surface area contributed by atoms with E-state index in [0.29, 0.717) is 0 Å². The van der Waals surface area contributed by atoms with Crippen molar-refractivity contribution in [3.05, 3.63) is 42.6 Å². The van der Waals surface area contributed by atoms with Gasteiger partial charge in [0.2, 0.25) is 0 Å². The first-order valence-corrected chi connectivity index (χ1v) is 5.06. The van der Waals surface area contributed by atoms with E-state index in [0.717, 1.165) is 11.3 Å². The molecule has 0 unspecified atom stereocenters. The van der Waals surface area contributed by atoms with E-state index in [9.17, 15) is 4.39 Å². The molecule has 2 aromatic rings. The second-order valence-electron chi connectivity index (χ2n) is 2.80. The highest BCUT2D eigenvalue weighted by atomic mass is 19.1. The van der Waals surface area contributed by atoms with E-state index in [-0.39, 0.29) is 5.82 Å². The van der Waals surface area contributed by atoms with Crippen molar-refractivity contribution in [3.8, 4) is 23.7 Å². The fourth-order valence-electron chi connectivity index (χ4n) is 1.16. The molecule has 1 heterocycles. The minimum atomic E-state index is -0.259. The molecule has 82 valence electrons. The van der Waals surface area contributed by atoms with Gasteiger partial charge in [0, 0.05) is 17.8 Å². The summed E-state index contributed by atoms with van der Waals surface area (Å²) in [6, 6.07) is 8.53. The van der Waals surface area contributed by atoms with Gasteiger partial charge in [-0.2, -0.15) is 0 Å². The third-order valence-corrected chi connectivity index (χ3v) is 1.87. The van der Waals surface area contributed by atoms with Crippen LogP contribution in [-0.4, -0.2) is 9.55 Å². The zero-order chi connectivity index (χ0) is 12.0. The van der Waals surface area contributed by atoms with Crippen LogP contribution in [-0.2, 0) is 0 Å². The Morgan fingerprint density at radius 3 is 2.38 bits per heavy atom. The number of imidazole rings is 1. The first-order valence-electron chi connectivity index (χ1n) is 5.06. The molecule has 1 aromatic heterocycles. The van der Waals surface area contributed by atoms with Crippen LogP contribution in [0.3, 0.4) is 0 Å². The summed E-state index contributed by atoms with van der Waals surface area (Å²) < 4.78 is 14.1. The molecule has 0 aliphatic carbocycles. The minimum absolute atomic E-state index is 0.259. The molecule has 0 aliphatic heterocycles. The van der Waals surface area contributed by atoms with Gasteiger partial charge in [-0.25, -0.2) is 9.37 Å². The Balaban J connectivity index is 0.000000606. The van der Waals surface area contributed by atoms with Crippen LogP contribution >= 0.6 is 0 Å². The molecule has 0 amide bonds. The number of hydrogen-bond donors (Lipinski definition) is 0. The Morgan fingerprint density at radius 1 is 1.25 bits per heavy atom. The topological polar surface area (TPSA) is 17.8 Å². The highest BCUT2D eigenvalue weighted by molar-refractivity contribution is 5.58. The van der Waals surface area contributed by atoms with Crippen LogP contribution in [0.1, 0.15) is 13.8 Å². The Bertz CT molecular complexity index is 477. The van der Waals surface area contributed by atoms with Gasteiger partial charge in [-0.15, -0.1) is 0 Å². The van der Waals surface area contributed by atoms with Gasteiger partial charge in [-0.05, 0) is 24.3 Å². The molecule has 0 atom stereocenters. The van der Waals surface area contributed by atoms with Crippen LogP contribution in [0, 0.1) is 18.3 Å². The molecule has 0 saturated carbocycles. The number of halogens is 1. The number of hydrogen-bond acceptors (Lipinski definition) is 1. The summed E-state index contributed by atoms with van der Waals surface area (Å²) in [5, 5.41) is 0. The van der Waals surface area contributed by atoms with Gasteiger partial charge in [0.25, 0.3) is 0 Å². The smallest absolute Gasteiger partial charge is 0.123 e. The molecule has 2 rings (SSSR count). The lowest BCUT2D eigenvalue weighted by molar-refractivity contribution is 0.628.